The van der Waals surface area contributed by atoms with Crippen molar-refractivity contribution in [3.63, 3.8) is 0 Å². The van der Waals surface area contributed by atoms with E-state index in [9.17, 15) is 4.79 Å². The molecule has 0 amide bonds. The smallest absolute Gasteiger partial charge is 0.314 e. The first-order valence-electron chi connectivity index (χ1n) is 10.8. The van der Waals surface area contributed by atoms with Crippen LogP contribution in [-0.2, 0) is 6.54 Å². The summed E-state index contributed by atoms with van der Waals surface area (Å²) < 4.78 is 8.97. The number of aromatic nitrogens is 2. The maximum atomic E-state index is 12.9. The lowest BCUT2D eigenvalue weighted by atomic mass is 10.1. The van der Waals surface area contributed by atoms with Crippen LogP contribution in [0.3, 0.4) is 0 Å². The van der Waals surface area contributed by atoms with E-state index in [-0.39, 0.29) is 12.3 Å². The molecule has 1 aromatic heterocycles. The van der Waals surface area contributed by atoms with Gasteiger partial charge in [0.15, 0.2) is 12.7 Å². The number of hydrogen-bond acceptors (Lipinski definition) is 4. The number of hydrogen-bond donors (Lipinski definition) is 0. The summed E-state index contributed by atoms with van der Waals surface area (Å²) in [6.07, 6.45) is 5.51. The monoisotopic (exact) mass is 473 g/mol. The third-order valence-corrected chi connectivity index (χ3v) is 5.70. The van der Waals surface area contributed by atoms with Crippen molar-refractivity contribution in [2.75, 3.05) is 26.1 Å². The number of anilines is 1. The largest absolute Gasteiger partial charge is 0.497 e. The fourth-order valence-electron chi connectivity index (χ4n) is 3.54. The standard InChI is InChI=1S/C27H26ClN4O2/c1-30(2)24-12-4-20(5-13-24)18-29-32-17-16-31(19-26(33)21-6-10-23(28)11-7-21)27(32)22-8-14-25(34-3)15-9-22/h4-18H,19H2,1-3H3/q+1/b29-18-. The predicted octanol–water partition coefficient (Wildman–Crippen LogP) is 4.94. The highest BCUT2D eigenvalue weighted by Crippen LogP contribution is 2.21. The van der Waals surface area contributed by atoms with Crippen LogP contribution in [0.1, 0.15) is 15.9 Å². The highest BCUT2D eigenvalue weighted by Gasteiger charge is 2.22. The van der Waals surface area contributed by atoms with E-state index >= 15 is 0 Å². The van der Waals surface area contributed by atoms with Crippen LogP contribution in [0.2, 0.25) is 5.02 Å². The molecule has 0 saturated heterocycles. The Labute approximate surface area is 204 Å². The number of Topliss-reactive ketones (excluding diaryl/α,β-unsaturated/α-hetero) is 1. The molecule has 172 valence electrons. The van der Waals surface area contributed by atoms with Gasteiger partial charge in [0.2, 0.25) is 5.78 Å². The van der Waals surface area contributed by atoms with Crippen LogP contribution in [0, 0.1) is 0 Å². The number of carbonyl (C=O) groups is 1. The van der Waals surface area contributed by atoms with Crippen LogP contribution in [-0.4, -0.2) is 37.9 Å². The quantitative estimate of drug-likeness (QED) is 0.207. The van der Waals surface area contributed by atoms with E-state index in [1.807, 2.05) is 79.6 Å². The van der Waals surface area contributed by atoms with E-state index in [2.05, 4.69) is 10.0 Å². The number of rotatable bonds is 8. The summed E-state index contributed by atoms with van der Waals surface area (Å²) >= 11 is 5.97. The predicted molar refractivity (Wildman–Crippen MR) is 136 cm³/mol. The lowest BCUT2D eigenvalue weighted by molar-refractivity contribution is -0.671. The first-order valence-corrected chi connectivity index (χ1v) is 11.2. The topological polar surface area (TPSA) is 50.7 Å². The number of ether oxygens (including phenoxy) is 1. The van der Waals surface area contributed by atoms with Gasteiger partial charge >= 0.3 is 5.82 Å². The van der Waals surface area contributed by atoms with Crippen molar-refractivity contribution in [2.45, 2.75) is 6.54 Å². The Morgan fingerprint density at radius 3 is 2.32 bits per heavy atom. The van der Waals surface area contributed by atoms with Crippen LogP contribution in [0.25, 0.3) is 11.4 Å². The molecule has 0 bridgehead atoms. The molecule has 0 unspecified atom stereocenters. The van der Waals surface area contributed by atoms with Crippen LogP contribution in [0.5, 0.6) is 5.75 Å². The summed E-state index contributed by atoms with van der Waals surface area (Å²) in [6.45, 7) is 0.170. The zero-order valence-corrected chi connectivity index (χ0v) is 20.1. The molecule has 1 heterocycles. The van der Waals surface area contributed by atoms with Crippen molar-refractivity contribution in [1.29, 1.82) is 0 Å². The number of imidazole rings is 1. The highest BCUT2D eigenvalue weighted by molar-refractivity contribution is 6.30. The molecule has 0 aliphatic carbocycles. The normalized spacial score (nSPS) is 11.1. The van der Waals surface area contributed by atoms with E-state index in [0.717, 1.165) is 28.4 Å². The van der Waals surface area contributed by atoms with Gasteiger partial charge in [0.1, 0.15) is 11.9 Å². The van der Waals surface area contributed by atoms with Crippen LogP contribution in [0.15, 0.2) is 90.3 Å². The first-order chi connectivity index (χ1) is 16.4. The molecule has 3 aromatic carbocycles. The fraction of sp³-hybridized carbons (Fsp3) is 0.148. The van der Waals surface area contributed by atoms with E-state index < -0.39 is 0 Å². The third-order valence-electron chi connectivity index (χ3n) is 5.45. The third kappa shape index (κ3) is 5.35. The van der Waals surface area contributed by atoms with Gasteiger partial charge in [0.25, 0.3) is 0 Å². The Balaban J connectivity index is 1.67. The second-order valence-electron chi connectivity index (χ2n) is 7.98. The summed E-state index contributed by atoms with van der Waals surface area (Å²) in [4.78, 5) is 15.0. The molecule has 0 aliphatic rings. The molecule has 7 heteroatoms. The van der Waals surface area contributed by atoms with E-state index in [1.165, 1.54) is 0 Å². The van der Waals surface area contributed by atoms with Gasteiger partial charge in [0, 0.05) is 30.4 Å². The highest BCUT2D eigenvalue weighted by atomic mass is 35.5. The Morgan fingerprint density at radius 1 is 1.03 bits per heavy atom. The molecule has 0 saturated carbocycles. The van der Waals surface area contributed by atoms with Crippen LogP contribution < -0.4 is 14.2 Å². The van der Waals surface area contributed by atoms with Gasteiger partial charge in [-0.25, -0.2) is 4.57 Å². The Kier molecular flexibility index (Phi) is 7.09. The van der Waals surface area contributed by atoms with Gasteiger partial charge in [-0.3, -0.25) is 4.79 Å². The number of methoxy groups -OCH3 is 1. The average Bonchev–Trinajstić information content (AvgIpc) is 3.25. The minimum Gasteiger partial charge on any atom is -0.497 e. The molecular formula is C27H26ClN4O2+. The second-order valence-corrected chi connectivity index (χ2v) is 8.42. The molecule has 6 nitrogen and oxygen atoms in total. The van der Waals surface area contributed by atoms with Crippen molar-refractivity contribution < 1.29 is 14.1 Å². The van der Waals surface area contributed by atoms with Gasteiger partial charge in [-0.2, -0.15) is 0 Å². The lowest BCUT2D eigenvalue weighted by Crippen LogP contribution is -2.38. The molecule has 0 fully saturated rings. The number of carbonyl (C=O) groups excluding carboxylic acids is 1. The molecular weight excluding hydrogens is 448 g/mol. The fourth-order valence-corrected chi connectivity index (χ4v) is 3.67. The molecule has 4 aromatic rings. The van der Waals surface area contributed by atoms with Gasteiger partial charge in [-0.1, -0.05) is 28.8 Å². The Hall–Kier alpha value is -3.90. The molecule has 4 rings (SSSR count). The average molecular weight is 474 g/mol. The maximum Gasteiger partial charge on any atom is 0.314 e. The van der Waals surface area contributed by atoms with Crippen molar-refractivity contribution in [3.05, 3.63) is 101 Å². The van der Waals surface area contributed by atoms with Gasteiger partial charge < -0.3 is 9.64 Å². The van der Waals surface area contributed by atoms with Crippen LogP contribution >= 0.6 is 11.6 Å². The van der Waals surface area contributed by atoms with Crippen molar-refractivity contribution in [2.24, 2.45) is 5.10 Å². The molecule has 0 atom stereocenters. The Morgan fingerprint density at radius 2 is 1.71 bits per heavy atom. The molecule has 34 heavy (non-hydrogen) atoms. The molecule has 0 radical (unpaired) electrons. The Bertz CT molecular complexity index is 1290. The number of benzene rings is 3. The summed E-state index contributed by atoms with van der Waals surface area (Å²) in [6, 6.07) is 22.8. The van der Waals surface area contributed by atoms with Crippen molar-refractivity contribution in [1.82, 2.24) is 4.68 Å². The van der Waals surface area contributed by atoms with Crippen molar-refractivity contribution >= 4 is 29.3 Å². The van der Waals surface area contributed by atoms with Crippen LogP contribution in [0.4, 0.5) is 5.69 Å². The second kappa shape index (κ2) is 10.4. The molecule has 0 N–H and O–H groups in total. The van der Waals surface area contributed by atoms with E-state index in [1.54, 1.807) is 42.3 Å². The summed E-state index contributed by atoms with van der Waals surface area (Å²) in [5.74, 6) is 1.53. The van der Waals surface area contributed by atoms with E-state index in [0.29, 0.717) is 10.6 Å². The zero-order valence-electron chi connectivity index (χ0n) is 19.4. The van der Waals surface area contributed by atoms with Gasteiger partial charge in [-0.15, -0.1) is 4.68 Å². The number of nitrogens with zero attached hydrogens (tertiary/aromatic N) is 4. The minimum absolute atomic E-state index is 0.0163. The van der Waals surface area contributed by atoms with Crippen molar-refractivity contribution in [3.8, 4) is 17.1 Å². The summed E-state index contributed by atoms with van der Waals surface area (Å²) in [5.41, 5.74) is 3.61. The molecule has 0 aliphatic heterocycles. The van der Waals surface area contributed by atoms with Gasteiger partial charge in [0.05, 0.1) is 18.9 Å². The SMILES string of the molecule is COc1ccc(-c2n(/N=C\c3ccc(N(C)C)cc3)cc[n+]2CC(=O)c2ccc(Cl)cc2)cc1. The number of halogens is 1. The maximum absolute atomic E-state index is 12.9. The van der Waals surface area contributed by atoms with Gasteiger partial charge in [-0.05, 0) is 66.2 Å². The van der Waals surface area contributed by atoms with E-state index in [4.69, 9.17) is 16.3 Å². The zero-order chi connectivity index (χ0) is 24.1. The molecule has 0 spiro atoms. The minimum atomic E-state index is -0.0163. The lowest BCUT2D eigenvalue weighted by Gasteiger charge is -2.11. The summed E-state index contributed by atoms with van der Waals surface area (Å²) in [7, 11) is 5.65. The first kappa shape index (κ1) is 23.3. The summed E-state index contributed by atoms with van der Waals surface area (Å²) in [5, 5.41) is 5.28. The number of ketones is 1.